The van der Waals surface area contributed by atoms with Gasteiger partial charge < -0.3 is 5.73 Å². The number of hydrogen-bond donors (Lipinski definition) is 1. The molecule has 0 unspecified atom stereocenters. The Balaban J connectivity index is 3.49. The van der Waals surface area contributed by atoms with Gasteiger partial charge in [-0.2, -0.15) is 0 Å². The van der Waals surface area contributed by atoms with E-state index >= 15 is 0 Å². The van der Waals surface area contributed by atoms with Crippen molar-refractivity contribution < 1.29 is 0 Å². The molecule has 0 aliphatic carbocycles. The van der Waals surface area contributed by atoms with Gasteiger partial charge in [0.15, 0.2) is 0 Å². The number of nitrogens with two attached hydrogens (primary N) is 1. The topological polar surface area (TPSA) is 26.0 Å². The lowest BCUT2D eigenvalue weighted by molar-refractivity contribution is 0.640. The van der Waals surface area contributed by atoms with Crippen molar-refractivity contribution in [2.24, 2.45) is 11.7 Å². The van der Waals surface area contributed by atoms with Crippen molar-refractivity contribution in [1.29, 1.82) is 0 Å². The molecular formula is C9H19N. The molecule has 1 heteroatoms. The van der Waals surface area contributed by atoms with E-state index in [1.807, 2.05) is 0 Å². The Labute approximate surface area is 64.3 Å². The van der Waals surface area contributed by atoms with Crippen LogP contribution in [-0.2, 0) is 0 Å². The molecule has 0 aromatic carbocycles. The van der Waals surface area contributed by atoms with Crippen molar-refractivity contribution in [2.45, 2.75) is 33.6 Å². The third-order valence-corrected chi connectivity index (χ3v) is 1.39. The summed E-state index contributed by atoms with van der Waals surface area (Å²) in [5.41, 5.74) is 6.84. The second kappa shape index (κ2) is 5.48. The fraction of sp³-hybridized carbons (Fsp3) is 0.778. The fourth-order valence-corrected chi connectivity index (χ4v) is 1.06. The van der Waals surface area contributed by atoms with Crippen molar-refractivity contribution in [2.75, 3.05) is 6.54 Å². The van der Waals surface area contributed by atoms with Crippen LogP contribution < -0.4 is 5.73 Å². The molecule has 0 aromatic rings. The largest absolute Gasteiger partial charge is 0.330 e. The highest BCUT2D eigenvalue weighted by atomic mass is 14.5. The summed E-state index contributed by atoms with van der Waals surface area (Å²) < 4.78 is 0. The van der Waals surface area contributed by atoms with Gasteiger partial charge in [-0.1, -0.05) is 25.5 Å². The smallest absolute Gasteiger partial charge is 0.00425 e. The molecule has 0 saturated carbocycles. The monoisotopic (exact) mass is 141 g/mol. The van der Waals surface area contributed by atoms with Gasteiger partial charge in [-0.25, -0.2) is 0 Å². The second-order valence-electron chi connectivity index (χ2n) is 3.23. The van der Waals surface area contributed by atoms with Crippen molar-refractivity contribution in [3.8, 4) is 0 Å². The number of hydrogen-bond acceptors (Lipinski definition) is 1. The van der Waals surface area contributed by atoms with E-state index in [0.29, 0.717) is 0 Å². The number of allylic oxidation sites excluding steroid dienone is 1. The summed E-state index contributed by atoms with van der Waals surface area (Å²) in [5, 5.41) is 0. The summed E-state index contributed by atoms with van der Waals surface area (Å²) in [4.78, 5) is 0. The van der Waals surface area contributed by atoms with Crippen LogP contribution in [0, 0.1) is 5.92 Å². The van der Waals surface area contributed by atoms with E-state index in [9.17, 15) is 0 Å². The van der Waals surface area contributed by atoms with Crippen LogP contribution in [0.25, 0.3) is 0 Å². The maximum absolute atomic E-state index is 5.36. The van der Waals surface area contributed by atoms with Crippen molar-refractivity contribution in [3.05, 3.63) is 11.6 Å². The summed E-state index contributed by atoms with van der Waals surface area (Å²) in [7, 11) is 0. The molecule has 2 N–H and O–H groups in total. The van der Waals surface area contributed by atoms with Crippen LogP contribution in [0.4, 0.5) is 0 Å². The lowest BCUT2D eigenvalue weighted by Gasteiger charge is -2.03. The lowest BCUT2D eigenvalue weighted by atomic mass is 10.0. The van der Waals surface area contributed by atoms with Gasteiger partial charge in [-0.05, 0) is 32.2 Å². The van der Waals surface area contributed by atoms with E-state index in [1.165, 1.54) is 12.0 Å². The van der Waals surface area contributed by atoms with E-state index in [-0.39, 0.29) is 0 Å². The fourth-order valence-electron chi connectivity index (χ4n) is 1.06. The summed E-state index contributed by atoms with van der Waals surface area (Å²) >= 11 is 0. The maximum Gasteiger partial charge on any atom is -0.00425 e. The first kappa shape index (κ1) is 9.70. The quantitative estimate of drug-likeness (QED) is 0.597. The van der Waals surface area contributed by atoms with Gasteiger partial charge >= 0.3 is 0 Å². The van der Waals surface area contributed by atoms with Gasteiger partial charge in [-0.3, -0.25) is 0 Å². The SMILES string of the molecule is C/C(=C\CCN)CC(C)C. The molecule has 0 saturated heterocycles. The Kier molecular flexibility index (Phi) is 5.32. The third-order valence-electron chi connectivity index (χ3n) is 1.39. The lowest BCUT2D eigenvalue weighted by Crippen LogP contribution is -1.96. The molecule has 0 atom stereocenters. The Hall–Kier alpha value is -0.300. The van der Waals surface area contributed by atoms with E-state index < -0.39 is 0 Å². The van der Waals surface area contributed by atoms with E-state index in [4.69, 9.17) is 5.73 Å². The molecule has 0 aromatic heterocycles. The van der Waals surface area contributed by atoms with E-state index in [0.717, 1.165) is 18.9 Å². The van der Waals surface area contributed by atoms with Gasteiger partial charge in [0.05, 0.1) is 0 Å². The van der Waals surface area contributed by atoms with Gasteiger partial charge in [0, 0.05) is 0 Å². The summed E-state index contributed by atoms with van der Waals surface area (Å²) in [6.45, 7) is 7.42. The molecule has 0 amide bonds. The number of rotatable bonds is 4. The van der Waals surface area contributed by atoms with Gasteiger partial charge in [0.2, 0.25) is 0 Å². The van der Waals surface area contributed by atoms with Gasteiger partial charge in [0.25, 0.3) is 0 Å². The highest BCUT2D eigenvalue weighted by Gasteiger charge is 1.93. The Morgan fingerprint density at radius 3 is 2.50 bits per heavy atom. The summed E-state index contributed by atoms with van der Waals surface area (Å²) in [6.07, 6.45) is 4.47. The Morgan fingerprint density at radius 1 is 1.50 bits per heavy atom. The molecule has 0 rings (SSSR count). The molecule has 0 radical (unpaired) electrons. The zero-order valence-corrected chi connectivity index (χ0v) is 7.35. The molecule has 0 aliphatic rings. The molecule has 0 fully saturated rings. The van der Waals surface area contributed by atoms with Crippen LogP contribution in [0.15, 0.2) is 11.6 Å². The Morgan fingerprint density at radius 2 is 2.10 bits per heavy atom. The van der Waals surface area contributed by atoms with Crippen molar-refractivity contribution in [1.82, 2.24) is 0 Å². The molecule has 0 bridgehead atoms. The molecule has 1 nitrogen and oxygen atoms in total. The molecule has 60 valence electrons. The zero-order chi connectivity index (χ0) is 7.98. The van der Waals surface area contributed by atoms with Crippen LogP contribution in [0.1, 0.15) is 33.6 Å². The first-order valence-electron chi connectivity index (χ1n) is 4.02. The first-order valence-corrected chi connectivity index (χ1v) is 4.02. The Bertz CT molecular complexity index is 103. The summed E-state index contributed by atoms with van der Waals surface area (Å²) in [6, 6.07) is 0. The standard InChI is InChI=1S/C9H19N/c1-8(2)7-9(3)5-4-6-10/h5,8H,4,6-7,10H2,1-3H3/b9-5+. The van der Waals surface area contributed by atoms with Crippen LogP contribution in [-0.4, -0.2) is 6.54 Å². The highest BCUT2D eigenvalue weighted by molar-refractivity contribution is 4.98. The first-order chi connectivity index (χ1) is 4.66. The average Bonchev–Trinajstić information content (AvgIpc) is 1.82. The second-order valence-corrected chi connectivity index (χ2v) is 3.23. The van der Waals surface area contributed by atoms with Gasteiger partial charge in [0.1, 0.15) is 0 Å². The van der Waals surface area contributed by atoms with Crippen LogP contribution in [0.2, 0.25) is 0 Å². The molecule has 0 heterocycles. The minimum atomic E-state index is 0.772. The molecule has 0 spiro atoms. The summed E-state index contributed by atoms with van der Waals surface area (Å²) in [5.74, 6) is 0.772. The third kappa shape index (κ3) is 5.83. The van der Waals surface area contributed by atoms with Gasteiger partial charge in [-0.15, -0.1) is 0 Å². The minimum absolute atomic E-state index is 0.772. The molecule has 0 aliphatic heterocycles. The molecule has 10 heavy (non-hydrogen) atoms. The molecular weight excluding hydrogens is 122 g/mol. The normalized spacial score (nSPS) is 12.7. The van der Waals surface area contributed by atoms with Crippen LogP contribution >= 0.6 is 0 Å². The highest BCUT2D eigenvalue weighted by Crippen LogP contribution is 2.09. The minimum Gasteiger partial charge on any atom is -0.330 e. The predicted octanol–water partition coefficient (Wildman–Crippen LogP) is 2.33. The van der Waals surface area contributed by atoms with E-state index in [1.54, 1.807) is 0 Å². The predicted molar refractivity (Wildman–Crippen MR) is 46.9 cm³/mol. The maximum atomic E-state index is 5.36. The van der Waals surface area contributed by atoms with Crippen LogP contribution in [0.5, 0.6) is 0 Å². The van der Waals surface area contributed by atoms with Crippen molar-refractivity contribution >= 4 is 0 Å². The van der Waals surface area contributed by atoms with Crippen molar-refractivity contribution in [3.63, 3.8) is 0 Å². The van der Waals surface area contributed by atoms with E-state index in [2.05, 4.69) is 26.8 Å². The average molecular weight is 141 g/mol. The zero-order valence-electron chi connectivity index (χ0n) is 7.35. The van der Waals surface area contributed by atoms with Crippen LogP contribution in [0.3, 0.4) is 0 Å².